The zero-order valence-electron chi connectivity index (χ0n) is 17.1. The lowest BCUT2D eigenvalue weighted by atomic mass is 9.93. The molecule has 2 aromatic rings. The lowest BCUT2D eigenvalue weighted by Crippen LogP contribution is -2.61. The maximum atomic E-state index is 11.6. The number of amides is 1. The largest absolute Gasteiger partial charge is 0.389 e. The van der Waals surface area contributed by atoms with Crippen molar-refractivity contribution in [2.75, 3.05) is 19.7 Å². The molecule has 3 aliphatic rings. The molecule has 8 heteroatoms. The van der Waals surface area contributed by atoms with Crippen molar-refractivity contribution in [1.82, 2.24) is 20.0 Å². The minimum absolute atomic E-state index is 0.120. The van der Waals surface area contributed by atoms with Crippen molar-refractivity contribution in [3.63, 3.8) is 0 Å². The van der Waals surface area contributed by atoms with E-state index in [-0.39, 0.29) is 24.1 Å². The highest BCUT2D eigenvalue weighted by atomic mass is 16.7. The predicted octanol–water partition coefficient (Wildman–Crippen LogP) is 1.18. The van der Waals surface area contributed by atoms with E-state index in [0.29, 0.717) is 6.61 Å². The standard InChI is InChI=1S/C22H28N4O4/c1-14(27)25-9-7-17(8-10-25)24-19-18-13-29-22(30-18)20(21(19)28)26-12-16(11-23-26)15-5-3-2-4-6-15/h2-6,11-12,17-22,24,28H,7-10,13H2,1H3. The third-order valence-electron chi connectivity index (χ3n) is 6.51. The number of likely N-dealkylation sites (tertiary alicyclic amines) is 1. The van der Waals surface area contributed by atoms with Gasteiger partial charge in [-0.2, -0.15) is 5.10 Å². The Morgan fingerprint density at radius 1 is 1.20 bits per heavy atom. The van der Waals surface area contributed by atoms with E-state index in [1.54, 1.807) is 11.6 Å². The first kappa shape index (κ1) is 19.7. The molecule has 30 heavy (non-hydrogen) atoms. The number of ether oxygens (including phenoxy) is 2. The second-order valence-corrected chi connectivity index (χ2v) is 8.41. The number of aliphatic hydroxyl groups is 1. The molecule has 0 radical (unpaired) electrons. The van der Waals surface area contributed by atoms with Gasteiger partial charge in [0.15, 0.2) is 6.29 Å². The molecule has 1 aromatic carbocycles. The Morgan fingerprint density at radius 3 is 2.70 bits per heavy atom. The number of hydrogen-bond acceptors (Lipinski definition) is 6. The number of piperidine rings is 1. The Bertz CT molecular complexity index is 880. The van der Waals surface area contributed by atoms with Crippen LogP contribution in [0.15, 0.2) is 42.7 Å². The van der Waals surface area contributed by atoms with E-state index in [4.69, 9.17) is 9.47 Å². The van der Waals surface area contributed by atoms with Gasteiger partial charge in [-0.25, -0.2) is 0 Å². The van der Waals surface area contributed by atoms with Gasteiger partial charge in [0, 0.05) is 37.8 Å². The van der Waals surface area contributed by atoms with Gasteiger partial charge in [0.2, 0.25) is 5.91 Å². The summed E-state index contributed by atoms with van der Waals surface area (Å²) < 4.78 is 13.7. The molecule has 160 valence electrons. The Balaban J connectivity index is 1.31. The lowest BCUT2D eigenvalue weighted by molar-refractivity contribution is -0.169. The van der Waals surface area contributed by atoms with E-state index in [2.05, 4.69) is 10.4 Å². The van der Waals surface area contributed by atoms with Gasteiger partial charge < -0.3 is 24.8 Å². The minimum Gasteiger partial charge on any atom is -0.389 e. The molecule has 5 rings (SSSR count). The van der Waals surface area contributed by atoms with Crippen molar-refractivity contribution in [2.24, 2.45) is 0 Å². The molecule has 5 unspecified atom stereocenters. The smallest absolute Gasteiger partial charge is 0.219 e. The topological polar surface area (TPSA) is 88.9 Å². The summed E-state index contributed by atoms with van der Waals surface area (Å²) in [6.07, 6.45) is 4.10. The van der Waals surface area contributed by atoms with Crippen molar-refractivity contribution in [1.29, 1.82) is 0 Å². The second-order valence-electron chi connectivity index (χ2n) is 8.41. The number of benzene rings is 1. The molecule has 3 fully saturated rings. The molecular formula is C22H28N4O4. The second kappa shape index (κ2) is 8.11. The van der Waals surface area contributed by atoms with E-state index in [1.807, 2.05) is 47.6 Å². The average Bonchev–Trinajstić information content (AvgIpc) is 3.41. The maximum absolute atomic E-state index is 11.6. The van der Waals surface area contributed by atoms with Crippen LogP contribution in [0.3, 0.4) is 0 Å². The summed E-state index contributed by atoms with van der Waals surface area (Å²) in [4.78, 5) is 13.4. The highest BCUT2D eigenvalue weighted by molar-refractivity contribution is 5.73. The first-order valence-electron chi connectivity index (χ1n) is 10.7. The molecule has 5 atom stereocenters. The molecule has 8 nitrogen and oxygen atoms in total. The fraction of sp³-hybridized carbons (Fsp3) is 0.545. The molecule has 4 heterocycles. The van der Waals surface area contributed by atoms with E-state index >= 15 is 0 Å². The third kappa shape index (κ3) is 3.65. The molecular weight excluding hydrogens is 384 g/mol. The van der Waals surface area contributed by atoms with E-state index in [9.17, 15) is 9.90 Å². The normalized spacial score (nSPS) is 31.8. The van der Waals surface area contributed by atoms with Crippen LogP contribution in [-0.2, 0) is 14.3 Å². The first-order valence-corrected chi connectivity index (χ1v) is 10.7. The van der Waals surface area contributed by atoms with Crippen molar-refractivity contribution in [2.45, 2.75) is 56.4 Å². The van der Waals surface area contributed by atoms with Crippen LogP contribution in [0.2, 0.25) is 0 Å². The highest BCUT2D eigenvalue weighted by Gasteiger charge is 2.51. The van der Waals surface area contributed by atoms with Gasteiger partial charge in [0.1, 0.15) is 12.1 Å². The van der Waals surface area contributed by atoms with Gasteiger partial charge >= 0.3 is 0 Å². The van der Waals surface area contributed by atoms with Crippen molar-refractivity contribution < 1.29 is 19.4 Å². The maximum Gasteiger partial charge on any atom is 0.219 e. The van der Waals surface area contributed by atoms with Crippen LogP contribution in [0.5, 0.6) is 0 Å². The number of hydrogen-bond donors (Lipinski definition) is 2. The zero-order valence-corrected chi connectivity index (χ0v) is 17.1. The number of aromatic nitrogens is 2. The number of carbonyl (C=O) groups excluding carboxylic acids is 1. The van der Waals surface area contributed by atoms with Crippen molar-refractivity contribution in [3.8, 4) is 11.1 Å². The summed E-state index contributed by atoms with van der Waals surface area (Å²) in [5.41, 5.74) is 2.07. The van der Waals surface area contributed by atoms with Gasteiger partial charge in [-0.05, 0) is 18.4 Å². The fourth-order valence-corrected chi connectivity index (χ4v) is 4.80. The molecule has 0 saturated carbocycles. The van der Waals surface area contributed by atoms with Gasteiger partial charge in [-0.15, -0.1) is 0 Å². The van der Waals surface area contributed by atoms with Gasteiger partial charge in [-0.1, -0.05) is 30.3 Å². The van der Waals surface area contributed by atoms with Crippen LogP contribution >= 0.6 is 0 Å². The third-order valence-corrected chi connectivity index (χ3v) is 6.51. The molecule has 0 spiro atoms. The number of nitrogens with one attached hydrogen (secondary N) is 1. The van der Waals surface area contributed by atoms with Crippen LogP contribution in [0, 0.1) is 0 Å². The molecule has 2 bridgehead atoms. The molecule has 1 aromatic heterocycles. The molecule has 2 N–H and O–H groups in total. The van der Waals surface area contributed by atoms with Crippen LogP contribution in [0.1, 0.15) is 25.8 Å². The summed E-state index contributed by atoms with van der Waals surface area (Å²) in [6.45, 7) is 3.54. The van der Waals surface area contributed by atoms with Crippen molar-refractivity contribution in [3.05, 3.63) is 42.7 Å². The van der Waals surface area contributed by atoms with Gasteiger partial charge in [0.25, 0.3) is 0 Å². The summed E-state index contributed by atoms with van der Waals surface area (Å²) >= 11 is 0. The summed E-state index contributed by atoms with van der Waals surface area (Å²) in [6, 6.07) is 9.61. The van der Waals surface area contributed by atoms with E-state index in [1.165, 1.54) is 0 Å². The summed E-state index contributed by atoms with van der Waals surface area (Å²) in [5, 5.41) is 19.4. The van der Waals surface area contributed by atoms with Crippen LogP contribution in [0.4, 0.5) is 0 Å². The number of fused-ring (bicyclic) bond motifs is 2. The van der Waals surface area contributed by atoms with Crippen molar-refractivity contribution >= 4 is 5.91 Å². The fourth-order valence-electron chi connectivity index (χ4n) is 4.80. The summed E-state index contributed by atoms with van der Waals surface area (Å²) in [5.74, 6) is 0.120. The number of carbonyl (C=O) groups is 1. The summed E-state index contributed by atoms with van der Waals surface area (Å²) in [7, 11) is 0. The SMILES string of the molecule is CC(=O)N1CCC(NC2C3COC(O3)C(n3cc(-c4ccccc4)cn3)C2O)CC1. The number of aliphatic hydroxyl groups excluding tert-OH is 1. The Labute approximate surface area is 175 Å². The van der Waals surface area contributed by atoms with Crippen LogP contribution < -0.4 is 5.32 Å². The Hall–Kier alpha value is -2.26. The quantitative estimate of drug-likeness (QED) is 0.784. The molecule has 3 saturated heterocycles. The predicted molar refractivity (Wildman–Crippen MR) is 110 cm³/mol. The molecule has 0 aliphatic carbocycles. The highest BCUT2D eigenvalue weighted by Crippen LogP contribution is 2.36. The monoisotopic (exact) mass is 412 g/mol. The Morgan fingerprint density at radius 2 is 1.97 bits per heavy atom. The van der Waals surface area contributed by atoms with E-state index < -0.39 is 18.4 Å². The van der Waals surface area contributed by atoms with E-state index in [0.717, 1.165) is 37.1 Å². The van der Waals surface area contributed by atoms with Crippen LogP contribution in [0.25, 0.3) is 11.1 Å². The molecule has 1 amide bonds. The first-order chi connectivity index (χ1) is 14.6. The minimum atomic E-state index is -0.689. The number of rotatable bonds is 4. The average molecular weight is 412 g/mol. The molecule has 3 aliphatic heterocycles. The zero-order chi connectivity index (χ0) is 20.7. The number of nitrogens with zero attached hydrogens (tertiary/aromatic N) is 3. The van der Waals surface area contributed by atoms with Gasteiger partial charge in [-0.3, -0.25) is 9.48 Å². The van der Waals surface area contributed by atoms with Gasteiger partial charge in [0.05, 0.1) is 24.9 Å². The lowest BCUT2D eigenvalue weighted by Gasteiger charge is -2.41. The van der Waals surface area contributed by atoms with Crippen LogP contribution in [-0.4, -0.2) is 76.0 Å². The Kier molecular flexibility index (Phi) is 5.32.